The van der Waals surface area contributed by atoms with Crippen LogP contribution >= 0.6 is 0 Å². The van der Waals surface area contributed by atoms with Gasteiger partial charge in [-0.3, -0.25) is 0 Å². The molecular formula is C19H21F3N2O3. The van der Waals surface area contributed by atoms with Crippen molar-refractivity contribution in [2.24, 2.45) is 0 Å². The van der Waals surface area contributed by atoms with Crippen LogP contribution in [0.3, 0.4) is 0 Å². The van der Waals surface area contributed by atoms with E-state index in [0.717, 1.165) is 11.1 Å². The van der Waals surface area contributed by atoms with Crippen LogP contribution in [0.4, 0.5) is 18.0 Å². The van der Waals surface area contributed by atoms with Gasteiger partial charge in [-0.05, 0) is 28.8 Å². The molecule has 0 unspecified atom stereocenters. The third kappa shape index (κ3) is 8.00. The van der Waals surface area contributed by atoms with Gasteiger partial charge in [0.1, 0.15) is 12.4 Å². The molecule has 0 saturated heterocycles. The molecule has 0 aromatic heterocycles. The molecule has 0 aliphatic heterocycles. The molecule has 0 aliphatic carbocycles. The zero-order chi connectivity index (χ0) is 19.7. The summed E-state index contributed by atoms with van der Waals surface area (Å²) >= 11 is 0. The lowest BCUT2D eigenvalue weighted by atomic mass is 10.1. The highest BCUT2D eigenvalue weighted by atomic mass is 19.4. The Kier molecular flexibility index (Phi) is 7.48. The van der Waals surface area contributed by atoms with Crippen LogP contribution in [0.15, 0.2) is 48.5 Å². The predicted octanol–water partition coefficient (Wildman–Crippen LogP) is 3.77. The summed E-state index contributed by atoms with van der Waals surface area (Å²) in [7, 11) is 1.58. The Morgan fingerprint density at radius 3 is 2.22 bits per heavy atom. The normalized spacial score (nSPS) is 11.1. The van der Waals surface area contributed by atoms with Gasteiger partial charge >= 0.3 is 12.2 Å². The largest absolute Gasteiger partial charge is 0.497 e. The van der Waals surface area contributed by atoms with Crippen molar-refractivity contribution in [3.8, 4) is 5.75 Å². The summed E-state index contributed by atoms with van der Waals surface area (Å²) in [6.45, 7) is -0.732. The van der Waals surface area contributed by atoms with Gasteiger partial charge in [0, 0.05) is 13.1 Å². The Morgan fingerprint density at radius 1 is 0.963 bits per heavy atom. The number of urea groups is 1. The van der Waals surface area contributed by atoms with Crippen LogP contribution in [0.25, 0.3) is 0 Å². The molecule has 0 heterocycles. The molecule has 0 spiro atoms. The second-order valence-electron chi connectivity index (χ2n) is 5.81. The van der Waals surface area contributed by atoms with Gasteiger partial charge < -0.3 is 20.1 Å². The van der Waals surface area contributed by atoms with Crippen molar-refractivity contribution in [2.75, 3.05) is 13.7 Å². The molecule has 2 aromatic carbocycles. The Labute approximate surface area is 155 Å². The second-order valence-corrected chi connectivity index (χ2v) is 5.81. The maximum absolute atomic E-state index is 12.0. The molecule has 0 bridgehead atoms. The highest BCUT2D eigenvalue weighted by molar-refractivity contribution is 5.73. The molecule has 8 heteroatoms. The molecule has 2 amide bonds. The van der Waals surface area contributed by atoms with E-state index in [-0.39, 0.29) is 12.6 Å². The van der Waals surface area contributed by atoms with Crippen molar-refractivity contribution in [3.63, 3.8) is 0 Å². The highest BCUT2D eigenvalue weighted by Gasteiger charge is 2.27. The number of ether oxygens (including phenoxy) is 2. The van der Waals surface area contributed by atoms with E-state index in [0.29, 0.717) is 24.4 Å². The molecular weight excluding hydrogens is 361 g/mol. The number of alkyl halides is 3. The summed E-state index contributed by atoms with van der Waals surface area (Å²) in [6.07, 6.45) is -4.33. The monoisotopic (exact) mass is 382 g/mol. The number of halogens is 3. The van der Waals surface area contributed by atoms with Crippen molar-refractivity contribution in [1.29, 1.82) is 0 Å². The maximum Gasteiger partial charge on any atom is 0.411 e. The molecule has 0 saturated carbocycles. The molecule has 146 valence electrons. The third-order valence-electron chi connectivity index (χ3n) is 3.60. The minimum atomic E-state index is -4.33. The van der Waals surface area contributed by atoms with E-state index < -0.39 is 12.8 Å². The van der Waals surface area contributed by atoms with Gasteiger partial charge in [-0.15, -0.1) is 0 Å². The molecule has 0 aliphatic rings. The third-order valence-corrected chi connectivity index (χ3v) is 3.60. The van der Waals surface area contributed by atoms with Crippen LogP contribution in [-0.2, 0) is 24.4 Å². The van der Waals surface area contributed by atoms with Crippen LogP contribution in [0.2, 0.25) is 0 Å². The molecule has 0 fully saturated rings. The first kappa shape index (κ1) is 20.6. The Hall–Kier alpha value is -2.74. The van der Waals surface area contributed by atoms with Crippen molar-refractivity contribution < 1.29 is 27.4 Å². The minimum Gasteiger partial charge on any atom is -0.497 e. The summed E-state index contributed by atoms with van der Waals surface area (Å²) < 4.78 is 45.8. The van der Waals surface area contributed by atoms with Crippen LogP contribution in [0.1, 0.15) is 16.7 Å². The highest BCUT2D eigenvalue weighted by Crippen LogP contribution is 2.16. The van der Waals surface area contributed by atoms with Gasteiger partial charge in [-0.25, -0.2) is 4.79 Å². The number of methoxy groups -OCH3 is 1. The van der Waals surface area contributed by atoms with Gasteiger partial charge in [0.05, 0.1) is 13.7 Å². The van der Waals surface area contributed by atoms with E-state index in [4.69, 9.17) is 4.74 Å². The zero-order valence-electron chi connectivity index (χ0n) is 14.8. The molecule has 2 aromatic rings. The van der Waals surface area contributed by atoms with Crippen LogP contribution in [0, 0.1) is 0 Å². The number of rotatable bonds is 8. The van der Waals surface area contributed by atoms with Crippen LogP contribution < -0.4 is 15.4 Å². The zero-order valence-corrected chi connectivity index (χ0v) is 14.8. The fourth-order valence-electron chi connectivity index (χ4n) is 2.25. The topological polar surface area (TPSA) is 59.6 Å². The maximum atomic E-state index is 12.0. The SMILES string of the molecule is COc1cccc(CNC(=O)NCc2ccc(COCC(F)(F)F)cc2)c1. The van der Waals surface area contributed by atoms with E-state index in [2.05, 4.69) is 15.4 Å². The Bertz CT molecular complexity index is 734. The summed E-state index contributed by atoms with van der Waals surface area (Å²) in [5.41, 5.74) is 2.37. The first-order valence-corrected chi connectivity index (χ1v) is 8.22. The number of nitrogens with one attached hydrogen (secondary N) is 2. The molecule has 2 N–H and O–H groups in total. The van der Waals surface area contributed by atoms with Crippen molar-refractivity contribution in [2.45, 2.75) is 25.9 Å². The lowest BCUT2D eigenvalue weighted by Crippen LogP contribution is -2.34. The van der Waals surface area contributed by atoms with Crippen LogP contribution in [0.5, 0.6) is 5.75 Å². The van der Waals surface area contributed by atoms with E-state index in [1.165, 1.54) is 0 Å². The average molecular weight is 382 g/mol. The number of carbonyl (C=O) groups excluding carboxylic acids is 1. The lowest BCUT2D eigenvalue weighted by molar-refractivity contribution is -0.176. The van der Waals surface area contributed by atoms with Crippen molar-refractivity contribution in [1.82, 2.24) is 10.6 Å². The fraction of sp³-hybridized carbons (Fsp3) is 0.316. The second kappa shape index (κ2) is 9.82. The minimum absolute atomic E-state index is 0.117. The molecule has 27 heavy (non-hydrogen) atoms. The summed E-state index contributed by atoms with van der Waals surface area (Å²) in [6, 6.07) is 13.8. The fourth-order valence-corrected chi connectivity index (χ4v) is 2.25. The van der Waals surface area contributed by atoms with Gasteiger partial charge in [0.15, 0.2) is 0 Å². The standard InChI is InChI=1S/C19H21F3N2O3/c1-26-17-4-2-3-16(9-17)11-24-18(25)23-10-14-5-7-15(8-6-14)12-27-13-19(20,21)22/h2-9H,10-13H2,1H3,(H2,23,24,25). The number of hydrogen-bond acceptors (Lipinski definition) is 3. The van der Waals surface area contributed by atoms with E-state index in [1.807, 2.05) is 24.3 Å². The lowest BCUT2D eigenvalue weighted by Gasteiger charge is -2.10. The number of benzene rings is 2. The Morgan fingerprint density at radius 2 is 1.59 bits per heavy atom. The predicted molar refractivity (Wildman–Crippen MR) is 94.2 cm³/mol. The molecule has 2 rings (SSSR count). The van der Waals surface area contributed by atoms with Gasteiger partial charge in [-0.2, -0.15) is 13.2 Å². The van der Waals surface area contributed by atoms with E-state index in [1.54, 1.807) is 31.4 Å². The smallest absolute Gasteiger partial charge is 0.411 e. The quantitative estimate of drug-likeness (QED) is 0.731. The first-order valence-electron chi connectivity index (χ1n) is 8.22. The number of hydrogen-bond donors (Lipinski definition) is 2. The molecule has 5 nitrogen and oxygen atoms in total. The molecule has 0 radical (unpaired) electrons. The van der Waals surface area contributed by atoms with E-state index >= 15 is 0 Å². The van der Waals surface area contributed by atoms with Gasteiger partial charge in [-0.1, -0.05) is 36.4 Å². The van der Waals surface area contributed by atoms with Gasteiger partial charge in [0.2, 0.25) is 0 Å². The summed E-state index contributed by atoms with van der Waals surface area (Å²) in [5.74, 6) is 0.717. The number of amides is 2. The number of carbonyl (C=O) groups is 1. The van der Waals surface area contributed by atoms with E-state index in [9.17, 15) is 18.0 Å². The first-order chi connectivity index (χ1) is 12.9. The Balaban J connectivity index is 1.71. The molecule has 0 atom stereocenters. The average Bonchev–Trinajstić information content (AvgIpc) is 2.65. The van der Waals surface area contributed by atoms with Crippen molar-refractivity contribution in [3.05, 3.63) is 65.2 Å². The summed E-state index contributed by atoms with van der Waals surface area (Å²) in [4.78, 5) is 11.9. The van der Waals surface area contributed by atoms with Crippen LogP contribution in [-0.4, -0.2) is 25.9 Å². The van der Waals surface area contributed by atoms with Crippen molar-refractivity contribution >= 4 is 6.03 Å². The van der Waals surface area contributed by atoms with Gasteiger partial charge in [0.25, 0.3) is 0 Å². The summed E-state index contributed by atoms with van der Waals surface area (Å²) in [5, 5.41) is 5.46.